The molecule has 0 bridgehead atoms. The summed E-state index contributed by atoms with van der Waals surface area (Å²) in [5.41, 5.74) is 1.68. The van der Waals surface area contributed by atoms with E-state index < -0.39 is 5.97 Å². The summed E-state index contributed by atoms with van der Waals surface area (Å²) in [4.78, 5) is 13.1. The Morgan fingerprint density at radius 1 is 1.56 bits per heavy atom. The van der Waals surface area contributed by atoms with Crippen LogP contribution in [0, 0.1) is 18.7 Å². The van der Waals surface area contributed by atoms with Crippen molar-refractivity contribution in [2.24, 2.45) is 5.92 Å². The van der Waals surface area contributed by atoms with Gasteiger partial charge in [0, 0.05) is 13.1 Å². The minimum Gasteiger partial charge on any atom is -0.481 e. The van der Waals surface area contributed by atoms with Gasteiger partial charge in [-0.15, -0.1) is 0 Å². The molecule has 4 heteroatoms. The van der Waals surface area contributed by atoms with Crippen LogP contribution in [0.15, 0.2) is 18.2 Å². The zero-order valence-electron chi connectivity index (χ0n) is 10.5. The molecule has 0 aromatic heterocycles. The third kappa shape index (κ3) is 3.07. The predicted octanol–water partition coefficient (Wildman–Crippen LogP) is 2.43. The summed E-state index contributed by atoms with van der Waals surface area (Å²) in [7, 11) is 0. The van der Waals surface area contributed by atoms with Crippen LogP contribution in [-0.2, 0) is 11.3 Å². The Hall–Kier alpha value is -1.42. The quantitative estimate of drug-likeness (QED) is 0.897. The van der Waals surface area contributed by atoms with Gasteiger partial charge in [-0.1, -0.05) is 12.1 Å². The lowest BCUT2D eigenvalue weighted by molar-refractivity contribution is -0.143. The molecule has 0 amide bonds. The number of rotatable bonds is 3. The molecule has 2 rings (SSSR count). The van der Waals surface area contributed by atoms with E-state index in [2.05, 4.69) is 4.90 Å². The number of halogens is 1. The highest BCUT2D eigenvalue weighted by molar-refractivity contribution is 5.70. The van der Waals surface area contributed by atoms with Gasteiger partial charge in [-0.2, -0.15) is 0 Å². The van der Waals surface area contributed by atoms with Gasteiger partial charge in [0.25, 0.3) is 0 Å². The first-order valence-corrected chi connectivity index (χ1v) is 6.26. The van der Waals surface area contributed by atoms with E-state index in [1.54, 1.807) is 13.0 Å². The summed E-state index contributed by atoms with van der Waals surface area (Å²) in [6, 6.07) is 5.08. The number of likely N-dealkylation sites (tertiary alicyclic amines) is 1. The van der Waals surface area contributed by atoms with Crippen molar-refractivity contribution in [1.29, 1.82) is 0 Å². The van der Waals surface area contributed by atoms with Crippen LogP contribution >= 0.6 is 0 Å². The van der Waals surface area contributed by atoms with Crippen molar-refractivity contribution >= 4 is 5.97 Å². The van der Waals surface area contributed by atoms with E-state index >= 15 is 0 Å². The van der Waals surface area contributed by atoms with Gasteiger partial charge in [-0.3, -0.25) is 9.69 Å². The van der Waals surface area contributed by atoms with Gasteiger partial charge in [0.2, 0.25) is 0 Å². The lowest BCUT2D eigenvalue weighted by atomic mass is 9.98. The molecular formula is C14H18FNO2. The van der Waals surface area contributed by atoms with E-state index in [1.165, 1.54) is 6.07 Å². The number of carboxylic acid groups (broad SMARTS) is 1. The molecule has 1 N–H and O–H groups in total. The molecule has 3 nitrogen and oxygen atoms in total. The van der Waals surface area contributed by atoms with Gasteiger partial charge in [-0.25, -0.2) is 4.39 Å². The van der Waals surface area contributed by atoms with Crippen LogP contribution in [0.3, 0.4) is 0 Å². The maximum absolute atomic E-state index is 13.2. The van der Waals surface area contributed by atoms with Gasteiger partial charge >= 0.3 is 5.97 Å². The molecule has 0 radical (unpaired) electrons. The smallest absolute Gasteiger partial charge is 0.307 e. The van der Waals surface area contributed by atoms with Crippen LogP contribution in [0.4, 0.5) is 4.39 Å². The molecule has 1 unspecified atom stereocenters. The zero-order chi connectivity index (χ0) is 13.1. The second-order valence-corrected chi connectivity index (χ2v) is 5.00. The lowest BCUT2D eigenvalue weighted by Gasteiger charge is -2.30. The second kappa shape index (κ2) is 5.48. The van der Waals surface area contributed by atoms with E-state index in [4.69, 9.17) is 5.11 Å². The SMILES string of the molecule is Cc1cc(CN2CCCC(C(=O)O)C2)ccc1F. The van der Waals surface area contributed by atoms with E-state index in [9.17, 15) is 9.18 Å². The summed E-state index contributed by atoms with van der Waals surface area (Å²) < 4.78 is 13.2. The van der Waals surface area contributed by atoms with Crippen LogP contribution in [0.5, 0.6) is 0 Å². The summed E-state index contributed by atoms with van der Waals surface area (Å²) in [6.07, 6.45) is 1.67. The van der Waals surface area contributed by atoms with Crippen molar-refractivity contribution in [2.45, 2.75) is 26.3 Å². The number of aliphatic carboxylic acids is 1. The number of piperidine rings is 1. The van der Waals surface area contributed by atoms with Gasteiger partial charge in [-0.05, 0) is 43.5 Å². The molecule has 1 heterocycles. The molecule has 18 heavy (non-hydrogen) atoms. The first-order chi connectivity index (χ1) is 8.56. The average Bonchev–Trinajstić information content (AvgIpc) is 2.34. The van der Waals surface area contributed by atoms with Crippen LogP contribution < -0.4 is 0 Å². The van der Waals surface area contributed by atoms with Crippen molar-refractivity contribution in [3.8, 4) is 0 Å². The lowest BCUT2D eigenvalue weighted by Crippen LogP contribution is -2.38. The highest BCUT2D eigenvalue weighted by Gasteiger charge is 2.25. The van der Waals surface area contributed by atoms with E-state index in [0.29, 0.717) is 18.7 Å². The summed E-state index contributed by atoms with van der Waals surface area (Å²) in [5.74, 6) is -1.17. The third-order valence-electron chi connectivity index (χ3n) is 3.48. The van der Waals surface area contributed by atoms with Gasteiger partial charge < -0.3 is 5.11 Å². The molecule has 0 saturated carbocycles. The first kappa shape index (κ1) is 13.0. The van der Waals surface area contributed by atoms with Crippen LogP contribution in [0.1, 0.15) is 24.0 Å². The molecule has 1 aromatic carbocycles. The maximum Gasteiger partial charge on any atom is 0.307 e. The van der Waals surface area contributed by atoms with E-state index in [1.807, 2.05) is 6.07 Å². The number of carbonyl (C=O) groups is 1. The Balaban J connectivity index is 2.00. The highest BCUT2D eigenvalue weighted by atomic mass is 19.1. The molecule has 1 fully saturated rings. The number of hydrogen-bond acceptors (Lipinski definition) is 2. The number of carboxylic acids is 1. The molecule has 98 valence electrons. The highest BCUT2D eigenvalue weighted by Crippen LogP contribution is 2.19. The fourth-order valence-electron chi connectivity index (χ4n) is 2.46. The van der Waals surface area contributed by atoms with Crippen molar-refractivity contribution in [2.75, 3.05) is 13.1 Å². The van der Waals surface area contributed by atoms with Crippen molar-refractivity contribution in [3.05, 3.63) is 35.1 Å². The molecule has 0 aliphatic carbocycles. The zero-order valence-corrected chi connectivity index (χ0v) is 10.5. The van der Waals surface area contributed by atoms with Crippen LogP contribution in [0.2, 0.25) is 0 Å². The minimum atomic E-state index is -0.713. The Kier molecular flexibility index (Phi) is 3.97. The number of aryl methyl sites for hydroxylation is 1. The Morgan fingerprint density at radius 2 is 2.33 bits per heavy atom. The molecule has 1 aliphatic rings. The van der Waals surface area contributed by atoms with Gasteiger partial charge in [0.1, 0.15) is 5.82 Å². The number of benzene rings is 1. The Morgan fingerprint density at radius 3 is 3.00 bits per heavy atom. The Labute approximate surface area is 106 Å². The summed E-state index contributed by atoms with van der Waals surface area (Å²) >= 11 is 0. The molecule has 1 aliphatic heterocycles. The number of hydrogen-bond donors (Lipinski definition) is 1. The van der Waals surface area contributed by atoms with E-state index in [-0.39, 0.29) is 11.7 Å². The number of nitrogens with zero attached hydrogens (tertiary/aromatic N) is 1. The standard InChI is InChI=1S/C14H18FNO2/c1-10-7-11(4-5-13(10)15)8-16-6-2-3-12(9-16)14(17)18/h4-5,7,12H,2-3,6,8-9H2,1H3,(H,17,18). The van der Waals surface area contributed by atoms with Gasteiger partial charge in [0.05, 0.1) is 5.92 Å². The molecular weight excluding hydrogens is 233 g/mol. The van der Waals surface area contributed by atoms with E-state index in [0.717, 1.165) is 24.9 Å². The topological polar surface area (TPSA) is 40.5 Å². The van der Waals surface area contributed by atoms with Crippen LogP contribution in [-0.4, -0.2) is 29.1 Å². The predicted molar refractivity (Wildman–Crippen MR) is 66.8 cm³/mol. The Bertz CT molecular complexity index is 447. The first-order valence-electron chi connectivity index (χ1n) is 6.26. The normalized spacial score (nSPS) is 20.9. The monoisotopic (exact) mass is 251 g/mol. The molecule has 0 spiro atoms. The fourth-order valence-corrected chi connectivity index (χ4v) is 2.46. The molecule has 1 saturated heterocycles. The minimum absolute atomic E-state index is 0.194. The van der Waals surface area contributed by atoms with Crippen molar-refractivity contribution < 1.29 is 14.3 Å². The largest absolute Gasteiger partial charge is 0.481 e. The molecule has 1 aromatic rings. The fraction of sp³-hybridized carbons (Fsp3) is 0.500. The third-order valence-corrected chi connectivity index (χ3v) is 3.48. The van der Waals surface area contributed by atoms with Gasteiger partial charge in [0.15, 0.2) is 0 Å². The average molecular weight is 251 g/mol. The summed E-state index contributed by atoms with van der Waals surface area (Å²) in [5, 5.41) is 9.03. The van der Waals surface area contributed by atoms with Crippen molar-refractivity contribution in [1.82, 2.24) is 4.90 Å². The van der Waals surface area contributed by atoms with Crippen molar-refractivity contribution in [3.63, 3.8) is 0 Å². The van der Waals surface area contributed by atoms with Crippen LogP contribution in [0.25, 0.3) is 0 Å². The summed E-state index contributed by atoms with van der Waals surface area (Å²) in [6.45, 7) is 3.95. The maximum atomic E-state index is 13.2. The molecule has 1 atom stereocenters. The second-order valence-electron chi connectivity index (χ2n) is 5.00.